The van der Waals surface area contributed by atoms with Crippen molar-refractivity contribution in [2.75, 3.05) is 24.7 Å². The van der Waals surface area contributed by atoms with Gasteiger partial charge in [0, 0.05) is 0 Å². The Bertz CT molecular complexity index is 2280. The first kappa shape index (κ1) is 46.8. The molecule has 2 aliphatic rings. The number of fused-ring (bicyclic) bond motifs is 2. The third kappa shape index (κ3) is 10.4. The summed E-state index contributed by atoms with van der Waals surface area (Å²) in [5.41, 5.74) is 11.8. The van der Waals surface area contributed by atoms with E-state index in [-0.39, 0.29) is 54.3 Å². The average Bonchev–Trinajstić information content (AvgIpc) is 3.83. The molecule has 2 fully saturated rings. The minimum Gasteiger partial charge on any atom is -1.00 e. The Morgan fingerprint density at radius 3 is 1.38 bits per heavy atom. The molecule has 318 valence electrons. The number of nitrogens with zero attached hydrogens (tertiary/aromatic N) is 8. The number of aliphatic hydroxyl groups is 4. The third-order valence-electron chi connectivity index (χ3n) is 7.62. The topological polar surface area (TPSA) is 481 Å². The molecule has 0 saturated carbocycles. The Balaban J connectivity index is 0.00000384. The second-order valence-corrected chi connectivity index (χ2v) is 19.3. The van der Waals surface area contributed by atoms with Gasteiger partial charge >= 0.3 is 58.0 Å². The van der Waals surface area contributed by atoms with Gasteiger partial charge in [-0.2, -0.15) is 17.2 Å². The van der Waals surface area contributed by atoms with Gasteiger partial charge in [-0.1, -0.05) is 0 Å². The summed E-state index contributed by atoms with van der Waals surface area (Å²) in [4.78, 5) is 70.4. The van der Waals surface area contributed by atoms with Gasteiger partial charge in [0.05, 0.1) is 25.9 Å². The summed E-state index contributed by atoms with van der Waals surface area (Å²) in [6.07, 6.45) is -9.51. The summed E-state index contributed by atoms with van der Waals surface area (Å²) in [5, 5.41) is 43.0. The second kappa shape index (κ2) is 17.3. The minimum absolute atomic E-state index is 0. The molecule has 38 heteroatoms. The van der Waals surface area contributed by atoms with Gasteiger partial charge in [0.2, 0.25) is 0 Å². The number of hydrogen-bond acceptors (Lipinski definition) is 25. The van der Waals surface area contributed by atoms with Gasteiger partial charge in [-0.25, -0.2) is 52.7 Å². The summed E-state index contributed by atoms with van der Waals surface area (Å²) >= 11 is 0. The van der Waals surface area contributed by atoms with Crippen molar-refractivity contribution < 1.29 is 124 Å². The van der Waals surface area contributed by atoms with Crippen LogP contribution in [0.5, 0.6) is 0 Å². The van der Waals surface area contributed by atoms with Crippen LogP contribution in [0.2, 0.25) is 0 Å². The molecule has 2 aliphatic heterocycles. The predicted octanol–water partition coefficient (Wildman–Crippen LogP) is -5.21. The van der Waals surface area contributed by atoms with Gasteiger partial charge in [-0.05, 0) is 0 Å². The first-order valence-electron chi connectivity index (χ1n) is 15.1. The van der Waals surface area contributed by atoms with Crippen LogP contribution in [0.25, 0.3) is 22.3 Å². The molecule has 32 nitrogen and oxygen atoms in total. The van der Waals surface area contributed by atoms with Crippen molar-refractivity contribution in [1.82, 2.24) is 39.0 Å². The van der Waals surface area contributed by atoms with Crippen LogP contribution in [-0.4, -0.2) is 134 Å². The molecule has 13 N–H and O–H groups in total. The van der Waals surface area contributed by atoms with Crippen LogP contribution in [-0.2, 0) is 58.6 Å². The fourth-order valence-electron chi connectivity index (χ4n) is 5.29. The van der Waals surface area contributed by atoms with E-state index in [9.17, 15) is 57.9 Å². The van der Waals surface area contributed by atoms with Crippen molar-refractivity contribution in [2.24, 2.45) is 0 Å². The summed E-state index contributed by atoms with van der Waals surface area (Å²) in [5.74, 6) is -0.113. The zero-order valence-electron chi connectivity index (χ0n) is 29.6. The average molecular weight is 924 g/mol. The van der Waals surface area contributed by atoms with E-state index >= 15 is 0 Å². The number of ether oxygens (including phenoxy) is 2. The van der Waals surface area contributed by atoms with Gasteiger partial charge in [0.15, 0.2) is 35.4 Å². The van der Waals surface area contributed by atoms with E-state index < -0.39 is 101 Å². The molecule has 0 aromatic carbocycles. The quantitative estimate of drug-likeness (QED) is 0.0369. The zero-order valence-corrected chi connectivity index (χ0v) is 33.1. The van der Waals surface area contributed by atoms with Crippen LogP contribution in [0, 0.1) is 0 Å². The maximum absolute atomic E-state index is 13.9. The van der Waals surface area contributed by atoms with Crippen LogP contribution in [0.15, 0.2) is 25.3 Å². The SMILES string of the molecule is Nc1ncnc2c1ncn2[C@@H]1O[C@H](COP(=O)(OC[C@H]2O[C@@H](n3cnc4c(N)ncnc43)C(O)C2O)OP(=O)(O)OP(=O)(O)OP(=O)(O)OP(=O)(O)O)C(O)C1O.[H-].[Li+]. The first-order chi connectivity index (χ1) is 26.4. The molecule has 0 amide bonds. The van der Waals surface area contributed by atoms with E-state index in [2.05, 4.69) is 47.1 Å². The molecule has 0 aliphatic carbocycles. The molecule has 6 rings (SSSR count). The Morgan fingerprint density at radius 1 is 0.603 bits per heavy atom. The van der Waals surface area contributed by atoms with Crippen molar-refractivity contribution in [3.05, 3.63) is 25.3 Å². The predicted molar refractivity (Wildman–Crippen MR) is 178 cm³/mol. The van der Waals surface area contributed by atoms with Gasteiger partial charge in [0.1, 0.15) is 60.3 Å². The number of rotatable bonds is 16. The van der Waals surface area contributed by atoms with Crippen molar-refractivity contribution in [3.8, 4) is 0 Å². The molecule has 2 saturated heterocycles. The van der Waals surface area contributed by atoms with Crippen LogP contribution < -0.4 is 30.3 Å². The van der Waals surface area contributed by atoms with Crippen molar-refractivity contribution in [3.63, 3.8) is 0 Å². The first-order valence-corrected chi connectivity index (χ1v) is 22.5. The summed E-state index contributed by atoms with van der Waals surface area (Å²) < 4.78 is 100. The zero-order chi connectivity index (χ0) is 41.9. The van der Waals surface area contributed by atoms with Crippen LogP contribution >= 0.6 is 39.1 Å². The van der Waals surface area contributed by atoms with Gasteiger partial charge < -0.3 is 67.3 Å². The molecule has 0 spiro atoms. The van der Waals surface area contributed by atoms with Gasteiger partial charge in [-0.15, -0.1) is 0 Å². The number of aromatic nitrogens is 8. The minimum atomic E-state index is -6.45. The molecule has 58 heavy (non-hydrogen) atoms. The van der Waals surface area contributed by atoms with Crippen LogP contribution in [0.1, 0.15) is 13.9 Å². The van der Waals surface area contributed by atoms with E-state index in [0.29, 0.717) is 0 Å². The van der Waals surface area contributed by atoms with Crippen molar-refractivity contribution in [2.45, 2.75) is 49.1 Å². The molecule has 0 bridgehead atoms. The van der Waals surface area contributed by atoms with E-state index in [0.717, 1.165) is 34.4 Å². The number of imidazole rings is 2. The molecule has 4 aromatic rings. The number of hydrogen-bond donors (Lipinski definition) is 11. The fourth-order valence-corrected chi connectivity index (χ4v) is 11.7. The monoisotopic (exact) mass is 924 g/mol. The number of aliphatic hydroxyl groups excluding tert-OH is 4. The molecular formula is C20H30LiN10O22P5. The fraction of sp³-hybridized carbons (Fsp3) is 0.500. The molecule has 6 heterocycles. The normalized spacial score (nSPS) is 29.4. The Morgan fingerprint density at radius 2 is 0.983 bits per heavy atom. The Labute approximate surface area is 334 Å². The second-order valence-electron chi connectivity index (χ2n) is 11.5. The molecule has 0 radical (unpaired) electrons. The molecule has 7 unspecified atom stereocenters. The van der Waals surface area contributed by atoms with E-state index in [4.69, 9.17) is 39.8 Å². The maximum atomic E-state index is 13.9. The van der Waals surface area contributed by atoms with Gasteiger partial charge in [-0.3, -0.25) is 18.2 Å². The maximum Gasteiger partial charge on any atom is 1.00 e. The summed E-state index contributed by atoms with van der Waals surface area (Å²) in [7, 11) is -30.8. The Hall–Kier alpha value is -2.23. The van der Waals surface area contributed by atoms with Gasteiger partial charge in [0.25, 0.3) is 0 Å². The molecular weight excluding hydrogens is 894 g/mol. The number of anilines is 2. The number of nitrogens with two attached hydrogens (primary N) is 2. The number of nitrogen functional groups attached to an aromatic ring is 2. The molecule has 4 aromatic heterocycles. The Kier molecular flexibility index (Phi) is 13.9. The largest absolute Gasteiger partial charge is 1.00 e. The standard InChI is InChI=1S/C20H29N10O22P5.Li.H/c21-15-9-17(25-3-23-15)29(5-27-9)19-13(33)11(31)7(47-19)1-45-57(44,52-56(42,43)51-55(40,41)50-54(38,39)49-53(35,36)37)46-2-8-12(32)14(34)20(48-8)30-6-28-10-16(22)24-4-26-18(10)30;;/h3-8,11-14,19-20,31-34H,1-2H2,(H,38,39)(H,40,41)(H,42,43)(H2,21,23,25)(H2,22,24,26)(H2,35,36,37);;/q;+1;-1/t7-,8-,11?,12?,13?,14?,19-,20-,57?;;/m1../s1. The van der Waals surface area contributed by atoms with E-state index in [1.54, 1.807) is 0 Å². The van der Waals surface area contributed by atoms with E-state index in [1.165, 1.54) is 0 Å². The van der Waals surface area contributed by atoms with Crippen molar-refractivity contribution in [1.29, 1.82) is 0 Å². The van der Waals surface area contributed by atoms with E-state index in [1.807, 2.05) is 0 Å². The summed E-state index contributed by atoms with van der Waals surface area (Å²) in [6, 6.07) is 0. The molecule has 11 atom stereocenters. The van der Waals surface area contributed by atoms with Crippen LogP contribution in [0.4, 0.5) is 11.6 Å². The third-order valence-corrected chi connectivity index (χ3v) is 15.2. The number of phosphoric ester groups is 1. The van der Waals surface area contributed by atoms with Crippen molar-refractivity contribution >= 4 is 73.1 Å². The summed E-state index contributed by atoms with van der Waals surface area (Å²) in [6.45, 7) is -2.38. The van der Waals surface area contributed by atoms with Crippen LogP contribution in [0.3, 0.4) is 0 Å². The smallest absolute Gasteiger partial charge is 1.00 e. The number of phosphoric acid groups is 5.